The van der Waals surface area contributed by atoms with Crippen molar-refractivity contribution in [2.24, 2.45) is 0 Å². The molecule has 0 saturated heterocycles. The number of hydrogen-bond acceptors (Lipinski definition) is 8. The Kier molecular flexibility index (Phi) is 6.97. The number of carbonyl (C=O) groups excluding carboxylic acids is 2. The molecule has 0 aliphatic rings. The molecule has 0 spiro atoms. The van der Waals surface area contributed by atoms with Gasteiger partial charge in [-0.15, -0.1) is 5.10 Å². The van der Waals surface area contributed by atoms with Crippen LogP contribution in [0.1, 0.15) is 0 Å². The number of nitrogens with zero attached hydrogens (tertiary/aromatic N) is 3. The van der Waals surface area contributed by atoms with Crippen molar-refractivity contribution in [2.75, 3.05) is 23.1 Å². The third-order valence-electron chi connectivity index (χ3n) is 4.71. The van der Waals surface area contributed by atoms with Gasteiger partial charge in [0.2, 0.25) is 18.2 Å². The van der Waals surface area contributed by atoms with Crippen molar-refractivity contribution < 1.29 is 19.1 Å². The van der Waals surface area contributed by atoms with Crippen molar-refractivity contribution in [3.63, 3.8) is 0 Å². The van der Waals surface area contributed by atoms with E-state index in [0.29, 0.717) is 35.2 Å². The number of methoxy groups -OCH3 is 1. The molecule has 2 heterocycles. The third kappa shape index (κ3) is 5.60. The molecule has 0 atom stereocenters. The van der Waals surface area contributed by atoms with Gasteiger partial charge in [-0.2, -0.15) is 0 Å². The fourth-order valence-corrected chi connectivity index (χ4v) is 3.09. The minimum Gasteiger partial charge on any atom is -0.482 e. The third-order valence-corrected chi connectivity index (χ3v) is 4.71. The van der Waals surface area contributed by atoms with Crippen molar-refractivity contribution in [1.29, 1.82) is 5.41 Å². The first-order valence-corrected chi connectivity index (χ1v) is 10.4. The smallest absolute Gasteiger partial charge is 0.262 e. The number of rotatable bonds is 10. The lowest BCUT2D eigenvalue weighted by Gasteiger charge is -2.13. The predicted octanol–water partition coefficient (Wildman–Crippen LogP) is 3.65. The normalized spacial score (nSPS) is 11.2. The van der Waals surface area contributed by atoms with Crippen molar-refractivity contribution >= 4 is 41.4 Å². The number of ether oxygens (including phenoxy) is 2. The Balaban J connectivity index is 1.44. The second kappa shape index (κ2) is 10.6. The number of anilines is 3. The maximum absolute atomic E-state index is 12.8. The van der Waals surface area contributed by atoms with Gasteiger partial charge in [-0.05, 0) is 42.5 Å². The zero-order valence-corrected chi connectivity index (χ0v) is 18.6. The molecule has 0 radical (unpaired) electrons. The lowest BCUT2D eigenvalue weighted by atomic mass is 10.2. The Morgan fingerprint density at radius 2 is 1.74 bits per heavy atom. The number of fused-ring (bicyclic) bond motifs is 1. The molecule has 35 heavy (non-hydrogen) atoms. The van der Waals surface area contributed by atoms with Crippen LogP contribution >= 0.6 is 0 Å². The van der Waals surface area contributed by atoms with E-state index in [2.05, 4.69) is 26.0 Å². The summed E-state index contributed by atoms with van der Waals surface area (Å²) < 4.78 is 12.6. The molecule has 0 bridgehead atoms. The van der Waals surface area contributed by atoms with E-state index in [1.165, 1.54) is 11.6 Å². The molecular weight excluding hydrogens is 450 g/mol. The molecule has 11 nitrogen and oxygen atoms in total. The lowest BCUT2D eigenvalue weighted by Crippen LogP contribution is -2.20. The fourth-order valence-electron chi connectivity index (χ4n) is 3.09. The summed E-state index contributed by atoms with van der Waals surface area (Å²) in [6.07, 6.45) is 3.02. The minimum atomic E-state index is -0.513. The van der Waals surface area contributed by atoms with Crippen LogP contribution in [-0.2, 0) is 14.3 Å². The molecule has 176 valence electrons. The first-order valence-electron chi connectivity index (χ1n) is 10.4. The second-order valence-electron chi connectivity index (χ2n) is 7.03. The largest absolute Gasteiger partial charge is 0.482 e. The Labute approximate surface area is 199 Å². The van der Waals surface area contributed by atoms with Crippen LogP contribution in [-0.4, -0.2) is 40.2 Å². The van der Waals surface area contributed by atoms with E-state index in [0.717, 1.165) is 11.9 Å². The van der Waals surface area contributed by atoms with Gasteiger partial charge >= 0.3 is 0 Å². The summed E-state index contributed by atoms with van der Waals surface area (Å²) >= 11 is 0. The Morgan fingerprint density at radius 3 is 2.43 bits per heavy atom. The van der Waals surface area contributed by atoms with Crippen LogP contribution in [0.25, 0.3) is 5.65 Å². The molecule has 0 fully saturated rings. The van der Waals surface area contributed by atoms with Gasteiger partial charge in [0.1, 0.15) is 11.3 Å². The summed E-state index contributed by atoms with van der Waals surface area (Å²) in [6, 6.07) is 19.2. The van der Waals surface area contributed by atoms with Crippen molar-refractivity contribution in [1.82, 2.24) is 14.6 Å². The number of benzene rings is 2. The molecule has 4 rings (SSSR count). The van der Waals surface area contributed by atoms with E-state index < -0.39 is 5.91 Å². The van der Waals surface area contributed by atoms with Crippen molar-refractivity contribution in [3.05, 3.63) is 84.4 Å². The van der Waals surface area contributed by atoms with Gasteiger partial charge in [0, 0.05) is 23.7 Å². The summed E-state index contributed by atoms with van der Waals surface area (Å²) in [5.41, 5.74) is 1.79. The average molecular weight is 471 g/mol. The van der Waals surface area contributed by atoms with E-state index >= 15 is 0 Å². The van der Waals surface area contributed by atoms with Gasteiger partial charge in [-0.1, -0.05) is 18.2 Å². The molecule has 2 amide bonds. The first-order chi connectivity index (χ1) is 17.1. The van der Waals surface area contributed by atoms with Crippen molar-refractivity contribution in [3.8, 4) is 11.6 Å². The number of aromatic nitrogens is 3. The second-order valence-corrected chi connectivity index (χ2v) is 7.03. The number of imidazole rings is 1. The Hall–Kier alpha value is -5.19. The highest BCUT2D eigenvalue weighted by Crippen LogP contribution is 2.23. The standard InChI is InChI=1S/C24H21N7O4/c1-34-24(28-16-5-3-2-4-6-16)19(13-25)23(33)27-17-7-9-18(10-8-17)35-22-12-11-21-29-20(26-15-32)14-31(21)30-22/h2-15,25,28H,1H3,(H,26,32)(H,27,33)/b24-19-,25-13?. The summed E-state index contributed by atoms with van der Waals surface area (Å²) in [4.78, 5) is 27.5. The molecule has 0 unspecified atom stereocenters. The quantitative estimate of drug-likeness (QED) is 0.120. The number of hydrogen-bond donors (Lipinski definition) is 4. The monoisotopic (exact) mass is 471 g/mol. The number of carbonyl (C=O) groups is 2. The highest BCUT2D eigenvalue weighted by atomic mass is 16.5. The number of para-hydroxylation sites is 1. The summed E-state index contributed by atoms with van der Waals surface area (Å²) in [7, 11) is 1.42. The molecule has 2 aromatic heterocycles. The van der Waals surface area contributed by atoms with Crippen LogP contribution in [0.3, 0.4) is 0 Å². The van der Waals surface area contributed by atoms with Gasteiger partial charge in [0.15, 0.2) is 11.5 Å². The first kappa shape index (κ1) is 23.0. The Morgan fingerprint density at radius 1 is 1.00 bits per heavy atom. The maximum atomic E-state index is 12.8. The number of amides is 2. The summed E-state index contributed by atoms with van der Waals surface area (Å²) in [6.45, 7) is 0. The highest BCUT2D eigenvalue weighted by molar-refractivity contribution is 6.17. The van der Waals surface area contributed by atoms with Crippen LogP contribution in [0.2, 0.25) is 0 Å². The molecule has 0 aliphatic carbocycles. The van der Waals surface area contributed by atoms with Crippen LogP contribution in [0.15, 0.2) is 84.4 Å². The van der Waals surface area contributed by atoms with E-state index in [9.17, 15) is 9.59 Å². The average Bonchev–Trinajstić information content (AvgIpc) is 3.27. The zero-order chi connectivity index (χ0) is 24.6. The van der Waals surface area contributed by atoms with Crippen LogP contribution in [0, 0.1) is 5.41 Å². The maximum Gasteiger partial charge on any atom is 0.262 e. The SMILES string of the molecule is CO/C(Nc1ccccc1)=C(/C=N)C(=O)Nc1ccc(Oc2ccc3nc(NC=O)cn3n2)cc1. The molecule has 4 N–H and O–H groups in total. The molecule has 4 aromatic rings. The highest BCUT2D eigenvalue weighted by Gasteiger charge is 2.15. The van der Waals surface area contributed by atoms with Gasteiger partial charge < -0.3 is 30.8 Å². The van der Waals surface area contributed by atoms with Gasteiger partial charge in [0.25, 0.3) is 5.91 Å². The summed E-state index contributed by atoms with van der Waals surface area (Å²) in [5.74, 6) is 0.818. The Bertz CT molecular complexity index is 1380. The predicted molar refractivity (Wildman–Crippen MR) is 131 cm³/mol. The topological polar surface area (TPSA) is 143 Å². The zero-order valence-electron chi connectivity index (χ0n) is 18.6. The molecular formula is C24H21N7O4. The van der Waals surface area contributed by atoms with Crippen LogP contribution in [0.4, 0.5) is 17.2 Å². The van der Waals surface area contributed by atoms with Crippen molar-refractivity contribution in [2.45, 2.75) is 0 Å². The molecule has 11 heteroatoms. The van der Waals surface area contributed by atoms with Gasteiger partial charge in [-0.25, -0.2) is 9.50 Å². The van der Waals surface area contributed by atoms with Gasteiger partial charge in [0.05, 0.1) is 13.3 Å². The fraction of sp³-hybridized carbons (Fsp3) is 0.0417. The van der Waals surface area contributed by atoms with Crippen LogP contribution < -0.4 is 20.7 Å². The van der Waals surface area contributed by atoms with Gasteiger partial charge in [-0.3, -0.25) is 9.59 Å². The minimum absolute atomic E-state index is 0.0259. The molecule has 2 aromatic carbocycles. The van der Waals surface area contributed by atoms with E-state index in [-0.39, 0.29) is 11.5 Å². The molecule has 0 saturated carbocycles. The van der Waals surface area contributed by atoms with E-state index in [4.69, 9.17) is 14.9 Å². The molecule has 0 aliphatic heterocycles. The number of nitrogens with one attached hydrogen (secondary N) is 4. The van der Waals surface area contributed by atoms with E-state index in [1.54, 1.807) is 42.6 Å². The van der Waals surface area contributed by atoms with E-state index in [1.807, 2.05) is 30.3 Å². The lowest BCUT2D eigenvalue weighted by molar-refractivity contribution is -0.112. The van der Waals surface area contributed by atoms with Crippen LogP contribution in [0.5, 0.6) is 11.6 Å². The summed E-state index contributed by atoms with van der Waals surface area (Å²) in [5, 5.41) is 20.2.